The van der Waals surface area contributed by atoms with Crippen LogP contribution < -0.4 is 5.32 Å². The number of rotatable bonds is 6. The normalized spacial score (nSPS) is 21.2. The first-order valence-corrected chi connectivity index (χ1v) is 6.65. The van der Waals surface area contributed by atoms with Gasteiger partial charge in [0.25, 0.3) is 0 Å². The van der Waals surface area contributed by atoms with E-state index in [1.54, 1.807) is 0 Å². The summed E-state index contributed by atoms with van der Waals surface area (Å²) in [5, 5.41) is 3.14. The summed E-state index contributed by atoms with van der Waals surface area (Å²) in [6.45, 7) is 6.65. The van der Waals surface area contributed by atoms with Crippen molar-refractivity contribution in [2.75, 3.05) is 33.2 Å². The molecule has 0 amide bonds. The van der Waals surface area contributed by atoms with Gasteiger partial charge < -0.3 is 14.6 Å². The Morgan fingerprint density at radius 2 is 2.47 bits per heavy atom. The molecule has 1 aromatic rings. The van der Waals surface area contributed by atoms with Crippen molar-refractivity contribution < 1.29 is 4.42 Å². The standard InChI is InChI=1S/C13H23N3O/c1-3-16-8-6-11(10-16)13-15-9-12(17-13)5-4-7-14-2/h9,11,14H,3-8,10H2,1-2H3. The van der Waals surface area contributed by atoms with Crippen LogP contribution in [0.25, 0.3) is 0 Å². The van der Waals surface area contributed by atoms with Crippen molar-refractivity contribution in [3.8, 4) is 0 Å². The lowest BCUT2D eigenvalue weighted by molar-refractivity contribution is 0.341. The molecule has 4 heteroatoms. The lowest BCUT2D eigenvalue weighted by Gasteiger charge is -2.10. The molecule has 0 aliphatic carbocycles. The second kappa shape index (κ2) is 6.17. The molecule has 0 spiro atoms. The fourth-order valence-electron chi connectivity index (χ4n) is 2.39. The zero-order chi connectivity index (χ0) is 12.1. The van der Waals surface area contributed by atoms with Gasteiger partial charge in [-0.15, -0.1) is 0 Å². The lowest BCUT2D eigenvalue weighted by Crippen LogP contribution is -2.19. The van der Waals surface area contributed by atoms with E-state index in [9.17, 15) is 0 Å². The molecule has 4 nitrogen and oxygen atoms in total. The third-order valence-electron chi connectivity index (χ3n) is 3.49. The summed E-state index contributed by atoms with van der Waals surface area (Å²) in [5.41, 5.74) is 0. The minimum Gasteiger partial charge on any atom is -0.445 e. The number of aryl methyl sites for hydroxylation is 1. The molecule has 1 aromatic heterocycles. The molecule has 1 aliphatic heterocycles. The van der Waals surface area contributed by atoms with Crippen LogP contribution in [0.4, 0.5) is 0 Å². The first-order chi connectivity index (χ1) is 8.33. The summed E-state index contributed by atoms with van der Waals surface area (Å²) >= 11 is 0. The van der Waals surface area contributed by atoms with Crippen molar-refractivity contribution in [1.29, 1.82) is 0 Å². The van der Waals surface area contributed by atoms with Crippen LogP contribution in [0, 0.1) is 0 Å². The fourth-order valence-corrected chi connectivity index (χ4v) is 2.39. The van der Waals surface area contributed by atoms with Gasteiger partial charge in [-0.05, 0) is 39.5 Å². The molecular weight excluding hydrogens is 214 g/mol. The molecule has 1 fully saturated rings. The number of oxazole rings is 1. The van der Waals surface area contributed by atoms with E-state index in [2.05, 4.69) is 22.1 Å². The Morgan fingerprint density at radius 3 is 3.18 bits per heavy atom. The highest BCUT2D eigenvalue weighted by atomic mass is 16.4. The van der Waals surface area contributed by atoms with Crippen molar-refractivity contribution in [3.05, 3.63) is 17.8 Å². The van der Waals surface area contributed by atoms with Gasteiger partial charge in [0, 0.05) is 18.9 Å². The zero-order valence-electron chi connectivity index (χ0n) is 10.9. The highest BCUT2D eigenvalue weighted by Crippen LogP contribution is 2.26. The molecule has 2 heterocycles. The van der Waals surface area contributed by atoms with E-state index in [4.69, 9.17) is 4.42 Å². The topological polar surface area (TPSA) is 41.3 Å². The number of likely N-dealkylation sites (N-methyl/N-ethyl adjacent to an activating group) is 1. The highest BCUT2D eigenvalue weighted by molar-refractivity contribution is 5.02. The molecule has 0 bridgehead atoms. The molecule has 0 saturated carbocycles. The molecule has 2 rings (SSSR count). The first-order valence-electron chi connectivity index (χ1n) is 6.65. The van der Waals surface area contributed by atoms with Crippen LogP contribution in [0.15, 0.2) is 10.6 Å². The minimum absolute atomic E-state index is 0.507. The van der Waals surface area contributed by atoms with E-state index in [0.717, 1.165) is 44.1 Å². The minimum atomic E-state index is 0.507. The average Bonchev–Trinajstić information content (AvgIpc) is 2.97. The molecule has 0 radical (unpaired) electrons. The van der Waals surface area contributed by atoms with Crippen LogP contribution in [0.2, 0.25) is 0 Å². The van der Waals surface area contributed by atoms with Crippen molar-refractivity contribution in [3.63, 3.8) is 0 Å². The molecule has 1 N–H and O–H groups in total. The van der Waals surface area contributed by atoms with Crippen LogP contribution in [0.3, 0.4) is 0 Å². The van der Waals surface area contributed by atoms with Gasteiger partial charge in [-0.25, -0.2) is 4.98 Å². The third-order valence-corrected chi connectivity index (χ3v) is 3.49. The SMILES string of the molecule is CCN1CCC(c2ncc(CCCNC)o2)C1. The number of hydrogen-bond donors (Lipinski definition) is 1. The number of likely N-dealkylation sites (tertiary alicyclic amines) is 1. The highest BCUT2D eigenvalue weighted by Gasteiger charge is 2.26. The molecule has 96 valence electrons. The Hall–Kier alpha value is -0.870. The third kappa shape index (κ3) is 3.30. The summed E-state index contributed by atoms with van der Waals surface area (Å²) < 4.78 is 5.84. The number of nitrogens with zero attached hydrogens (tertiary/aromatic N) is 2. The van der Waals surface area contributed by atoms with Crippen molar-refractivity contribution in [2.45, 2.75) is 32.1 Å². The Kier molecular flexibility index (Phi) is 4.57. The van der Waals surface area contributed by atoms with Gasteiger partial charge in [-0.3, -0.25) is 0 Å². The van der Waals surface area contributed by atoms with E-state index in [1.165, 1.54) is 13.0 Å². The molecule has 1 saturated heterocycles. The van der Waals surface area contributed by atoms with Gasteiger partial charge in [0.2, 0.25) is 0 Å². The number of hydrogen-bond acceptors (Lipinski definition) is 4. The maximum atomic E-state index is 5.84. The molecular formula is C13H23N3O. The van der Waals surface area contributed by atoms with E-state index < -0.39 is 0 Å². The van der Waals surface area contributed by atoms with Gasteiger partial charge >= 0.3 is 0 Å². The van der Waals surface area contributed by atoms with E-state index in [1.807, 2.05) is 13.2 Å². The zero-order valence-corrected chi connectivity index (χ0v) is 10.9. The van der Waals surface area contributed by atoms with Crippen molar-refractivity contribution in [1.82, 2.24) is 15.2 Å². The maximum absolute atomic E-state index is 5.84. The summed E-state index contributed by atoms with van der Waals surface area (Å²) in [4.78, 5) is 6.89. The van der Waals surface area contributed by atoms with Gasteiger partial charge in [0.1, 0.15) is 5.76 Å². The second-order valence-electron chi connectivity index (χ2n) is 4.75. The Morgan fingerprint density at radius 1 is 1.59 bits per heavy atom. The largest absolute Gasteiger partial charge is 0.445 e. The predicted octanol–water partition coefficient (Wildman–Crippen LogP) is 1.64. The molecule has 1 atom stereocenters. The van der Waals surface area contributed by atoms with Crippen molar-refractivity contribution >= 4 is 0 Å². The lowest BCUT2D eigenvalue weighted by atomic mass is 10.1. The molecule has 0 aromatic carbocycles. The van der Waals surface area contributed by atoms with Gasteiger partial charge in [-0.1, -0.05) is 6.92 Å². The van der Waals surface area contributed by atoms with Gasteiger partial charge in [0.15, 0.2) is 5.89 Å². The van der Waals surface area contributed by atoms with Crippen LogP contribution in [-0.4, -0.2) is 43.1 Å². The quantitative estimate of drug-likeness (QED) is 0.764. The van der Waals surface area contributed by atoms with Crippen LogP contribution in [-0.2, 0) is 6.42 Å². The summed E-state index contributed by atoms with van der Waals surface area (Å²) in [5.74, 6) is 2.48. The number of aromatic nitrogens is 1. The van der Waals surface area contributed by atoms with E-state index >= 15 is 0 Å². The summed E-state index contributed by atoms with van der Waals surface area (Å²) in [6.07, 6.45) is 5.18. The smallest absolute Gasteiger partial charge is 0.198 e. The summed E-state index contributed by atoms with van der Waals surface area (Å²) in [7, 11) is 1.98. The number of nitrogens with one attached hydrogen (secondary N) is 1. The van der Waals surface area contributed by atoms with Crippen LogP contribution in [0.5, 0.6) is 0 Å². The Balaban J connectivity index is 1.85. The monoisotopic (exact) mass is 237 g/mol. The van der Waals surface area contributed by atoms with Gasteiger partial charge in [0.05, 0.1) is 6.20 Å². The second-order valence-corrected chi connectivity index (χ2v) is 4.75. The maximum Gasteiger partial charge on any atom is 0.198 e. The average molecular weight is 237 g/mol. The van der Waals surface area contributed by atoms with Gasteiger partial charge in [-0.2, -0.15) is 0 Å². The van der Waals surface area contributed by atoms with E-state index in [0.29, 0.717) is 5.92 Å². The predicted molar refractivity (Wildman–Crippen MR) is 68.2 cm³/mol. The van der Waals surface area contributed by atoms with Crippen molar-refractivity contribution in [2.24, 2.45) is 0 Å². The fraction of sp³-hybridized carbons (Fsp3) is 0.769. The Bertz CT molecular complexity index is 337. The van der Waals surface area contributed by atoms with E-state index in [-0.39, 0.29) is 0 Å². The first kappa shape index (κ1) is 12.6. The molecule has 17 heavy (non-hydrogen) atoms. The van der Waals surface area contributed by atoms with Crippen LogP contribution >= 0.6 is 0 Å². The molecule has 1 unspecified atom stereocenters. The van der Waals surface area contributed by atoms with Crippen LogP contribution in [0.1, 0.15) is 37.3 Å². The molecule has 1 aliphatic rings. The Labute approximate surface area is 103 Å². The summed E-state index contributed by atoms with van der Waals surface area (Å²) in [6, 6.07) is 0.